The van der Waals surface area contributed by atoms with Crippen LogP contribution in [0.4, 0.5) is 0 Å². The Balaban J connectivity index is 1.61. The number of rotatable bonds is 4. The summed E-state index contributed by atoms with van der Waals surface area (Å²) in [5, 5.41) is 10.4. The number of allylic oxidation sites excluding steroid dienone is 2. The van der Waals surface area contributed by atoms with Gasteiger partial charge in [-0.2, -0.15) is 0 Å². The fraction of sp³-hybridized carbons (Fsp3) is 0.852. The van der Waals surface area contributed by atoms with E-state index in [0.29, 0.717) is 35.9 Å². The van der Waals surface area contributed by atoms with Crippen LogP contribution in [0.15, 0.2) is 11.6 Å². The average molecular weight is 431 g/mol. The average Bonchev–Trinajstić information content (AvgIpc) is 3.10. The van der Waals surface area contributed by atoms with E-state index in [0.717, 1.165) is 44.1 Å². The van der Waals surface area contributed by atoms with Crippen molar-refractivity contribution in [3.63, 3.8) is 0 Å². The van der Waals surface area contributed by atoms with E-state index >= 15 is 0 Å². The molecule has 4 fully saturated rings. The molecule has 0 bridgehead atoms. The number of ketones is 1. The molecule has 0 amide bonds. The normalized spacial score (nSPS) is 46.8. The van der Waals surface area contributed by atoms with Gasteiger partial charge in [-0.15, -0.1) is 0 Å². The van der Waals surface area contributed by atoms with Gasteiger partial charge < -0.3 is 9.84 Å². The minimum atomic E-state index is -0.266. The van der Waals surface area contributed by atoms with Gasteiger partial charge in [0.15, 0.2) is 5.78 Å². The van der Waals surface area contributed by atoms with Gasteiger partial charge in [0.25, 0.3) is 0 Å². The quantitative estimate of drug-likeness (QED) is 0.484. The third-order valence-corrected chi connectivity index (χ3v) is 10.5. The van der Waals surface area contributed by atoms with Crippen LogP contribution in [0.25, 0.3) is 0 Å². The Morgan fingerprint density at radius 3 is 2.52 bits per heavy atom. The van der Waals surface area contributed by atoms with Crippen molar-refractivity contribution in [1.82, 2.24) is 0 Å². The number of hydrogen-bond acceptors (Lipinski definition) is 4. The molecule has 0 spiro atoms. The van der Waals surface area contributed by atoms with Crippen LogP contribution < -0.4 is 0 Å². The zero-order valence-electron chi connectivity index (χ0n) is 20.2. The molecule has 4 aliphatic rings. The topological polar surface area (TPSA) is 63.6 Å². The fourth-order valence-corrected chi connectivity index (χ4v) is 8.81. The van der Waals surface area contributed by atoms with Gasteiger partial charge in [-0.05, 0) is 104 Å². The highest BCUT2D eigenvalue weighted by molar-refractivity contribution is 5.99. The molecular weight excluding hydrogens is 388 g/mol. The van der Waals surface area contributed by atoms with Gasteiger partial charge in [-0.3, -0.25) is 9.59 Å². The standard InChI is InChI=1S/C27H42O4/c1-6-18-22-15-17(28)11-13-27(22,4)21-12-14-26(3)19(16(2)7-10-23(29)31-5)8-9-20(26)24(21)25(18)30/h6,16-17,19-22,24,28H,7-15H2,1-5H3/b18-6+/t16-,17-,19-,20+,21?,22?,24?,26?,27?/m1/s1. The van der Waals surface area contributed by atoms with Gasteiger partial charge in [0, 0.05) is 12.3 Å². The van der Waals surface area contributed by atoms with Crippen molar-refractivity contribution < 1.29 is 19.4 Å². The van der Waals surface area contributed by atoms with Gasteiger partial charge in [0.05, 0.1) is 13.2 Å². The number of aliphatic hydroxyl groups is 1. The number of carbonyl (C=O) groups excluding carboxylic acids is 2. The van der Waals surface area contributed by atoms with Crippen molar-refractivity contribution in [1.29, 1.82) is 0 Å². The van der Waals surface area contributed by atoms with Gasteiger partial charge in [-0.25, -0.2) is 0 Å². The van der Waals surface area contributed by atoms with Gasteiger partial charge in [0.1, 0.15) is 0 Å². The number of Topliss-reactive ketones (excluding diaryl/α,β-unsaturated/α-hetero) is 1. The summed E-state index contributed by atoms with van der Waals surface area (Å²) in [6, 6.07) is 0. The molecule has 4 aliphatic carbocycles. The van der Waals surface area contributed by atoms with Crippen LogP contribution in [-0.2, 0) is 14.3 Å². The molecule has 4 saturated carbocycles. The number of methoxy groups -OCH3 is 1. The van der Waals surface area contributed by atoms with E-state index < -0.39 is 0 Å². The number of fused-ring (bicyclic) bond motifs is 5. The monoisotopic (exact) mass is 430 g/mol. The third-order valence-electron chi connectivity index (χ3n) is 10.5. The summed E-state index contributed by atoms with van der Waals surface area (Å²) in [6.45, 7) is 9.18. The van der Waals surface area contributed by atoms with E-state index in [9.17, 15) is 14.7 Å². The molecule has 0 heterocycles. The lowest BCUT2D eigenvalue weighted by Crippen LogP contribution is -2.58. The first-order valence-corrected chi connectivity index (χ1v) is 12.6. The Kier molecular flexibility index (Phi) is 6.17. The fourth-order valence-electron chi connectivity index (χ4n) is 8.81. The van der Waals surface area contributed by atoms with Gasteiger partial charge in [0.2, 0.25) is 0 Å². The van der Waals surface area contributed by atoms with Crippen LogP contribution in [-0.4, -0.2) is 30.1 Å². The van der Waals surface area contributed by atoms with E-state index in [4.69, 9.17) is 4.74 Å². The molecule has 0 saturated heterocycles. The van der Waals surface area contributed by atoms with Crippen molar-refractivity contribution in [2.45, 2.75) is 91.6 Å². The minimum Gasteiger partial charge on any atom is -0.469 e. The Morgan fingerprint density at radius 2 is 1.84 bits per heavy atom. The highest BCUT2D eigenvalue weighted by Gasteiger charge is 2.64. The minimum absolute atomic E-state index is 0.117. The highest BCUT2D eigenvalue weighted by atomic mass is 16.5. The molecule has 4 nitrogen and oxygen atoms in total. The smallest absolute Gasteiger partial charge is 0.305 e. The molecule has 0 radical (unpaired) electrons. The Bertz CT molecular complexity index is 756. The maximum Gasteiger partial charge on any atom is 0.305 e. The summed E-state index contributed by atoms with van der Waals surface area (Å²) >= 11 is 0. The number of aliphatic hydroxyl groups excluding tert-OH is 1. The SMILES string of the molecule is C/C=C1/C(=O)C2C(CCC3(C)[C@@H]([C@H](C)CCC(=O)OC)CC[C@@H]23)C2(C)CC[C@@H](O)CC12. The Hall–Kier alpha value is -1.16. The molecule has 31 heavy (non-hydrogen) atoms. The van der Waals surface area contributed by atoms with Crippen LogP contribution in [0, 0.1) is 46.3 Å². The first-order chi connectivity index (χ1) is 14.7. The Morgan fingerprint density at radius 1 is 1.16 bits per heavy atom. The first-order valence-electron chi connectivity index (χ1n) is 12.6. The van der Waals surface area contributed by atoms with Crippen LogP contribution in [0.2, 0.25) is 0 Å². The van der Waals surface area contributed by atoms with Gasteiger partial charge in [-0.1, -0.05) is 26.8 Å². The molecule has 5 unspecified atom stereocenters. The van der Waals surface area contributed by atoms with E-state index in [1.54, 1.807) is 0 Å². The predicted molar refractivity (Wildman–Crippen MR) is 121 cm³/mol. The summed E-state index contributed by atoms with van der Waals surface area (Å²) in [5.74, 6) is 2.57. The molecule has 9 atom stereocenters. The van der Waals surface area contributed by atoms with E-state index in [1.807, 2.05) is 6.92 Å². The lowest BCUT2D eigenvalue weighted by atomic mass is 9.43. The molecule has 0 aromatic heterocycles. The molecule has 4 heteroatoms. The van der Waals surface area contributed by atoms with Crippen LogP contribution in [0.5, 0.6) is 0 Å². The van der Waals surface area contributed by atoms with Crippen molar-refractivity contribution in [3.8, 4) is 0 Å². The van der Waals surface area contributed by atoms with Crippen molar-refractivity contribution >= 4 is 11.8 Å². The summed E-state index contributed by atoms with van der Waals surface area (Å²) in [6.07, 6.45) is 10.4. The number of carbonyl (C=O) groups is 2. The zero-order valence-corrected chi connectivity index (χ0v) is 20.2. The molecule has 0 aliphatic heterocycles. The van der Waals surface area contributed by atoms with Crippen LogP contribution in [0.3, 0.4) is 0 Å². The molecule has 1 N–H and O–H groups in total. The first kappa shape index (κ1) is 23.0. The van der Waals surface area contributed by atoms with E-state index in [1.165, 1.54) is 20.0 Å². The lowest BCUT2D eigenvalue weighted by Gasteiger charge is -2.61. The predicted octanol–water partition coefficient (Wildman–Crippen LogP) is 5.33. The van der Waals surface area contributed by atoms with E-state index in [-0.39, 0.29) is 34.7 Å². The van der Waals surface area contributed by atoms with Crippen molar-refractivity contribution in [3.05, 3.63) is 11.6 Å². The molecule has 0 aromatic carbocycles. The van der Waals surface area contributed by atoms with E-state index in [2.05, 4.69) is 26.8 Å². The maximum absolute atomic E-state index is 13.9. The molecular formula is C27H42O4. The van der Waals surface area contributed by atoms with Gasteiger partial charge >= 0.3 is 5.97 Å². The van der Waals surface area contributed by atoms with Crippen molar-refractivity contribution in [2.24, 2.45) is 46.3 Å². The summed E-state index contributed by atoms with van der Waals surface area (Å²) in [4.78, 5) is 25.6. The summed E-state index contributed by atoms with van der Waals surface area (Å²) < 4.78 is 4.87. The second-order valence-corrected chi connectivity index (χ2v) is 11.7. The number of ether oxygens (including phenoxy) is 1. The highest BCUT2D eigenvalue weighted by Crippen LogP contribution is 2.68. The number of esters is 1. The van der Waals surface area contributed by atoms with Crippen LogP contribution in [0.1, 0.15) is 85.5 Å². The summed E-state index contributed by atoms with van der Waals surface area (Å²) in [5.41, 5.74) is 1.33. The zero-order chi connectivity index (χ0) is 22.6. The molecule has 174 valence electrons. The molecule has 0 aromatic rings. The molecule has 4 rings (SSSR count). The van der Waals surface area contributed by atoms with Crippen molar-refractivity contribution in [2.75, 3.05) is 7.11 Å². The largest absolute Gasteiger partial charge is 0.469 e. The lowest BCUT2D eigenvalue weighted by molar-refractivity contribution is -0.150. The second-order valence-electron chi connectivity index (χ2n) is 11.7. The summed E-state index contributed by atoms with van der Waals surface area (Å²) in [7, 11) is 1.47. The maximum atomic E-state index is 13.9. The number of hydrogen-bond donors (Lipinski definition) is 1. The van der Waals surface area contributed by atoms with Crippen LogP contribution >= 0.6 is 0 Å². The Labute approximate surface area is 188 Å². The second kappa shape index (κ2) is 8.32. The third kappa shape index (κ3) is 3.52.